The number of hydrogen-bond donors (Lipinski definition) is 2. The fraction of sp³-hybridized carbons (Fsp3) is 0.0500. The lowest BCUT2D eigenvalue weighted by molar-refractivity contribution is -0.111. The Bertz CT molecular complexity index is 966. The average molecular weight is 354 g/mol. The van der Waals surface area contributed by atoms with E-state index in [1.165, 1.54) is 19.3 Å². The van der Waals surface area contributed by atoms with E-state index in [0.29, 0.717) is 22.0 Å². The molecule has 1 amide bonds. The Hall–Kier alpha value is -2.98. The van der Waals surface area contributed by atoms with Crippen LogP contribution in [0, 0.1) is 0 Å². The number of hydrogen-bond acceptors (Lipinski definition) is 3. The fourth-order valence-corrected chi connectivity index (χ4v) is 2.76. The van der Waals surface area contributed by atoms with Crippen molar-refractivity contribution in [2.45, 2.75) is 0 Å². The number of aromatic hydroxyl groups is 1. The maximum absolute atomic E-state index is 12.2. The second-order valence-electron chi connectivity index (χ2n) is 5.43. The van der Waals surface area contributed by atoms with E-state index in [-0.39, 0.29) is 11.7 Å². The molecular weight excluding hydrogens is 338 g/mol. The molecule has 0 aromatic heterocycles. The molecule has 0 bridgehead atoms. The van der Waals surface area contributed by atoms with Gasteiger partial charge in [0.05, 0.1) is 12.8 Å². The van der Waals surface area contributed by atoms with Gasteiger partial charge in [-0.25, -0.2) is 0 Å². The minimum absolute atomic E-state index is 0.0193. The minimum atomic E-state index is -0.289. The van der Waals surface area contributed by atoms with Gasteiger partial charge in [-0.15, -0.1) is 0 Å². The standard InChI is InChI=1S/C20H16ClNO3/c1-25-19-8-6-13(10-18(19)23)7-9-20(24)22-17-12-15(21)11-14-4-2-3-5-16(14)17/h2-12,23H,1H3,(H,22,24). The lowest BCUT2D eigenvalue weighted by Crippen LogP contribution is -2.08. The summed E-state index contributed by atoms with van der Waals surface area (Å²) >= 11 is 6.12. The first-order valence-electron chi connectivity index (χ1n) is 7.61. The van der Waals surface area contributed by atoms with Crippen molar-refractivity contribution in [2.75, 3.05) is 12.4 Å². The van der Waals surface area contributed by atoms with E-state index in [1.54, 1.807) is 24.3 Å². The highest BCUT2D eigenvalue weighted by molar-refractivity contribution is 6.32. The van der Waals surface area contributed by atoms with E-state index in [1.807, 2.05) is 30.3 Å². The van der Waals surface area contributed by atoms with Gasteiger partial charge in [-0.1, -0.05) is 41.9 Å². The number of fused-ring (bicyclic) bond motifs is 1. The molecule has 0 aliphatic carbocycles. The van der Waals surface area contributed by atoms with Gasteiger partial charge in [0.15, 0.2) is 11.5 Å². The Kier molecular flexibility index (Phi) is 4.91. The van der Waals surface area contributed by atoms with Crippen molar-refractivity contribution in [3.8, 4) is 11.5 Å². The number of halogens is 1. The topological polar surface area (TPSA) is 58.6 Å². The summed E-state index contributed by atoms with van der Waals surface area (Å²) in [6, 6.07) is 16.2. The number of benzene rings is 3. The number of phenols is 1. The smallest absolute Gasteiger partial charge is 0.248 e. The predicted octanol–water partition coefficient (Wildman–Crippen LogP) is 4.86. The van der Waals surface area contributed by atoms with Gasteiger partial charge in [-0.3, -0.25) is 4.79 Å². The molecule has 25 heavy (non-hydrogen) atoms. The van der Waals surface area contributed by atoms with Crippen LogP contribution in [0.2, 0.25) is 5.02 Å². The summed E-state index contributed by atoms with van der Waals surface area (Å²) in [5.74, 6) is 0.112. The van der Waals surface area contributed by atoms with E-state index in [2.05, 4.69) is 5.32 Å². The largest absolute Gasteiger partial charge is 0.504 e. The molecule has 0 unspecified atom stereocenters. The lowest BCUT2D eigenvalue weighted by Gasteiger charge is -2.08. The normalized spacial score (nSPS) is 11.0. The van der Waals surface area contributed by atoms with Crippen LogP contribution in [0.3, 0.4) is 0 Å². The monoisotopic (exact) mass is 353 g/mol. The number of carbonyl (C=O) groups excluding carboxylic acids is 1. The molecule has 2 N–H and O–H groups in total. The zero-order valence-electron chi connectivity index (χ0n) is 13.5. The minimum Gasteiger partial charge on any atom is -0.504 e. The van der Waals surface area contributed by atoms with E-state index in [0.717, 1.165) is 10.8 Å². The van der Waals surface area contributed by atoms with Crippen molar-refractivity contribution in [1.29, 1.82) is 0 Å². The van der Waals surface area contributed by atoms with Gasteiger partial charge in [-0.2, -0.15) is 0 Å². The van der Waals surface area contributed by atoms with Crippen LogP contribution >= 0.6 is 11.6 Å². The number of methoxy groups -OCH3 is 1. The molecule has 5 heteroatoms. The quantitative estimate of drug-likeness (QED) is 0.658. The summed E-state index contributed by atoms with van der Waals surface area (Å²) in [5, 5.41) is 15.0. The predicted molar refractivity (Wildman–Crippen MR) is 101 cm³/mol. The molecule has 3 aromatic carbocycles. The van der Waals surface area contributed by atoms with Crippen LogP contribution in [0.5, 0.6) is 11.5 Å². The molecule has 3 rings (SSSR count). The van der Waals surface area contributed by atoms with Crippen LogP contribution < -0.4 is 10.1 Å². The van der Waals surface area contributed by atoms with Crippen LogP contribution in [0.1, 0.15) is 5.56 Å². The number of anilines is 1. The van der Waals surface area contributed by atoms with Gasteiger partial charge in [0.2, 0.25) is 5.91 Å². The Labute approximate surface area is 150 Å². The number of amides is 1. The molecule has 0 atom stereocenters. The van der Waals surface area contributed by atoms with E-state index in [4.69, 9.17) is 16.3 Å². The highest BCUT2D eigenvalue weighted by Crippen LogP contribution is 2.28. The Morgan fingerprint density at radius 3 is 2.72 bits per heavy atom. The Morgan fingerprint density at radius 1 is 1.16 bits per heavy atom. The van der Waals surface area contributed by atoms with Gasteiger partial charge in [-0.05, 0) is 41.3 Å². The third kappa shape index (κ3) is 3.92. The first-order valence-corrected chi connectivity index (χ1v) is 7.99. The van der Waals surface area contributed by atoms with Crippen molar-refractivity contribution < 1.29 is 14.6 Å². The zero-order valence-corrected chi connectivity index (χ0v) is 14.2. The zero-order chi connectivity index (χ0) is 17.8. The van der Waals surface area contributed by atoms with Gasteiger partial charge in [0.1, 0.15) is 0 Å². The van der Waals surface area contributed by atoms with Crippen molar-refractivity contribution in [1.82, 2.24) is 0 Å². The highest BCUT2D eigenvalue weighted by atomic mass is 35.5. The second-order valence-corrected chi connectivity index (χ2v) is 5.86. The maximum atomic E-state index is 12.2. The van der Waals surface area contributed by atoms with E-state index in [9.17, 15) is 9.90 Å². The summed E-state index contributed by atoms with van der Waals surface area (Å²) in [7, 11) is 1.48. The average Bonchev–Trinajstić information content (AvgIpc) is 2.60. The molecular formula is C20H16ClNO3. The molecule has 0 fully saturated rings. The molecule has 0 radical (unpaired) electrons. The number of carbonyl (C=O) groups is 1. The molecule has 0 aliphatic rings. The SMILES string of the molecule is COc1ccc(C=CC(=O)Nc2cc(Cl)cc3ccccc23)cc1O. The molecule has 0 heterocycles. The highest BCUT2D eigenvalue weighted by Gasteiger charge is 2.06. The van der Waals surface area contributed by atoms with E-state index < -0.39 is 0 Å². The number of ether oxygens (including phenoxy) is 1. The van der Waals surface area contributed by atoms with Gasteiger partial charge in [0, 0.05) is 16.5 Å². The summed E-state index contributed by atoms with van der Waals surface area (Å²) in [6.07, 6.45) is 3.01. The lowest BCUT2D eigenvalue weighted by atomic mass is 10.1. The summed E-state index contributed by atoms with van der Waals surface area (Å²) in [5.41, 5.74) is 1.33. The maximum Gasteiger partial charge on any atom is 0.248 e. The second kappa shape index (κ2) is 7.28. The molecule has 0 aliphatic heterocycles. The van der Waals surface area contributed by atoms with Crippen LogP contribution in [0.15, 0.2) is 60.7 Å². The molecule has 3 aromatic rings. The molecule has 126 valence electrons. The number of nitrogens with one attached hydrogen (secondary N) is 1. The summed E-state index contributed by atoms with van der Waals surface area (Å²) in [4.78, 5) is 12.2. The molecule has 4 nitrogen and oxygen atoms in total. The Balaban J connectivity index is 1.80. The number of phenolic OH excluding ortho intramolecular Hbond substituents is 1. The van der Waals surface area contributed by atoms with Crippen LogP contribution in [0.4, 0.5) is 5.69 Å². The van der Waals surface area contributed by atoms with Crippen LogP contribution in [-0.2, 0) is 4.79 Å². The van der Waals surface area contributed by atoms with Crippen LogP contribution in [0.25, 0.3) is 16.8 Å². The third-order valence-electron chi connectivity index (χ3n) is 3.71. The van der Waals surface area contributed by atoms with Crippen molar-refractivity contribution >= 4 is 40.0 Å². The van der Waals surface area contributed by atoms with Gasteiger partial charge < -0.3 is 15.2 Å². The summed E-state index contributed by atoms with van der Waals surface area (Å²) < 4.78 is 4.99. The first-order chi connectivity index (χ1) is 12.1. The third-order valence-corrected chi connectivity index (χ3v) is 3.93. The number of rotatable bonds is 4. The van der Waals surface area contributed by atoms with Crippen molar-refractivity contribution in [2.24, 2.45) is 0 Å². The van der Waals surface area contributed by atoms with Crippen molar-refractivity contribution in [3.05, 3.63) is 71.3 Å². The van der Waals surface area contributed by atoms with Crippen LogP contribution in [-0.4, -0.2) is 18.1 Å². The summed E-state index contributed by atoms with van der Waals surface area (Å²) in [6.45, 7) is 0. The molecule has 0 saturated carbocycles. The van der Waals surface area contributed by atoms with Gasteiger partial charge >= 0.3 is 0 Å². The molecule has 0 spiro atoms. The Morgan fingerprint density at radius 2 is 1.96 bits per heavy atom. The van der Waals surface area contributed by atoms with E-state index >= 15 is 0 Å². The molecule has 0 saturated heterocycles. The van der Waals surface area contributed by atoms with Crippen molar-refractivity contribution in [3.63, 3.8) is 0 Å². The fourth-order valence-electron chi connectivity index (χ4n) is 2.53. The van der Waals surface area contributed by atoms with Gasteiger partial charge in [0.25, 0.3) is 0 Å². The first kappa shape index (κ1) is 16.9.